The molecular formula is C14H14N2O3S. The van der Waals surface area contributed by atoms with Crippen molar-refractivity contribution < 1.29 is 9.72 Å². The number of amides is 1. The average molecular weight is 290 g/mol. The molecule has 0 aliphatic heterocycles. The van der Waals surface area contributed by atoms with Crippen LogP contribution < -0.4 is 5.32 Å². The lowest BCUT2D eigenvalue weighted by molar-refractivity contribution is -0.380. The smallest absolute Gasteiger partial charge is 0.324 e. The van der Waals surface area contributed by atoms with Crippen LogP contribution in [0.25, 0.3) is 0 Å². The number of benzene rings is 1. The second-order valence-corrected chi connectivity index (χ2v) is 5.57. The van der Waals surface area contributed by atoms with Crippen LogP contribution >= 0.6 is 11.3 Å². The van der Waals surface area contributed by atoms with E-state index < -0.39 is 4.92 Å². The number of hydrogen-bond acceptors (Lipinski definition) is 4. The van der Waals surface area contributed by atoms with Crippen molar-refractivity contribution in [3.63, 3.8) is 0 Å². The summed E-state index contributed by atoms with van der Waals surface area (Å²) in [6, 6.07) is 8.83. The molecule has 20 heavy (non-hydrogen) atoms. The lowest BCUT2D eigenvalue weighted by atomic mass is 10.1. The standard InChI is InChI=1S/C14H14N2O3S/c1-9-3-4-11(10(2)7-9)8-15-14(17)12-5-6-13(20-12)16(18)19/h3-7H,8H2,1-2H3,(H,15,17). The molecule has 1 amide bonds. The van der Waals surface area contributed by atoms with Crippen LogP contribution in [0.1, 0.15) is 26.4 Å². The highest BCUT2D eigenvalue weighted by Gasteiger charge is 2.15. The zero-order chi connectivity index (χ0) is 14.7. The van der Waals surface area contributed by atoms with Crippen LogP contribution in [0.15, 0.2) is 30.3 Å². The highest BCUT2D eigenvalue weighted by atomic mass is 32.1. The Morgan fingerprint density at radius 2 is 2.05 bits per heavy atom. The lowest BCUT2D eigenvalue weighted by Gasteiger charge is -2.07. The Bertz CT molecular complexity index is 664. The first-order valence-electron chi connectivity index (χ1n) is 6.06. The number of carbonyl (C=O) groups excluding carboxylic acids is 1. The van der Waals surface area contributed by atoms with Gasteiger partial charge in [-0.3, -0.25) is 14.9 Å². The number of rotatable bonds is 4. The molecule has 1 N–H and O–H groups in total. The first-order valence-corrected chi connectivity index (χ1v) is 6.87. The average Bonchev–Trinajstić information content (AvgIpc) is 2.87. The fraction of sp³-hybridized carbons (Fsp3) is 0.214. The molecule has 0 bridgehead atoms. The van der Waals surface area contributed by atoms with E-state index in [4.69, 9.17) is 0 Å². The number of aryl methyl sites for hydroxylation is 2. The first-order chi connectivity index (χ1) is 9.47. The van der Waals surface area contributed by atoms with Crippen molar-refractivity contribution in [3.8, 4) is 0 Å². The molecule has 0 aliphatic rings. The second-order valence-electron chi connectivity index (χ2n) is 4.51. The van der Waals surface area contributed by atoms with Crippen LogP contribution in [0.2, 0.25) is 0 Å². The maximum atomic E-state index is 11.9. The molecule has 0 aliphatic carbocycles. The number of nitrogens with zero attached hydrogens (tertiary/aromatic N) is 1. The minimum absolute atomic E-state index is 0.0262. The van der Waals surface area contributed by atoms with E-state index in [1.54, 1.807) is 0 Å². The van der Waals surface area contributed by atoms with Gasteiger partial charge in [0, 0.05) is 12.6 Å². The van der Waals surface area contributed by atoms with Gasteiger partial charge >= 0.3 is 5.00 Å². The molecule has 1 aromatic heterocycles. The van der Waals surface area contributed by atoms with E-state index in [0.29, 0.717) is 11.4 Å². The number of nitro groups is 1. The molecule has 1 heterocycles. The Morgan fingerprint density at radius 1 is 1.30 bits per heavy atom. The minimum Gasteiger partial charge on any atom is -0.347 e. The summed E-state index contributed by atoms with van der Waals surface area (Å²) < 4.78 is 0. The summed E-state index contributed by atoms with van der Waals surface area (Å²) in [5.41, 5.74) is 3.32. The quantitative estimate of drug-likeness (QED) is 0.694. The van der Waals surface area contributed by atoms with Gasteiger partial charge in [-0.25, -0.2) is 0 Å². The number of carbonyl (C=O) groups is 1. The van der Waals surface area contributed by atoms with Crippen molar-refractivity contribution in [1.82, 2.24) is 5.32 Å². The molecule has 2 rings (SSSR count). The fourth-order valence-corrected chi connectivity index (χ4v) is 2.59. The predicted molar refractivity (Wildman–Crippen MR) is 78.1 cm³/mol. The van der Waals surface area contributed by atoms with Crippen molar-refractivity contribution in [3.05, 3.63) is 62.0 Å². The van der Waals surface area contributed by atoms with Gasteiger partial charge in [-0.2, -0.15) is 0 Å². The molecule has 104 valence electrons. The molecule has 0 saturated carbocycles. The highest BCUT2D eigenvalue weighted by Crippen LogP contribution is 2.23. The SMILES string of the molecule is Cc1ccc(CNC(=O)c2ccc([N+](=O)[O-])s2)c(C)c1. The summed E-state index contributed by atoms with van der Waals surface area (Å²) >= 11 is 0.880. The monoisotopic (exact) mass is 290 g/mol. The third-order valence-corrected chi connectivity index (χ3v) is 3.97. The van der Waals surface area contributed by atoms with E-state index in [2.05, 4.69) is 11.4 Å². The van der Waals surface area contributed by atoms with Gasteiger partial charge in [0.1, 0.15) is 0 Å². The Kier molecular flexibility index (Phi) is 4.14. The summed E-state index contributed by atoms with van der Waals surface area (Å²) in [5.74, 6) is -0.289. The van der Waals surface area contributed by atoms with Gasteiger partial charge in [-0.05, 0) is 31.0 Å². The number of thiophene rings is 1. The predicted octanol–water partition coefficient (Wildman–Crippen LogP) is 3.20. The number of nitrogens with one attached hydrogen (secondary N) is 1. The van der Waals surface area contributed by atoms with E-state index in [0.717, 1.165) is 22.5 Å². The molecule has 0 spiro atoms. The lowest BCUT2D eigenvalue weighted by Crippen LogP contribution is -2.22. The maximum Gasteiger partial charge on any atom is 0.324 e. The molecular weight excluding hydrogens is 276 g/mol. The summed E-state index contributed by atoms with van der Waals surface area (Å²) in [4.78, 5) is 22.3. The Labute approximate surface area is 120 Å². The van der Waals surface area contributed by atoms with Crippen LogP contribution in [0.5, 0.6) is 0 Å². The van der Waals surface area contributed by atoms with E-state index in [-0.39, 0.29) is 10.9 Å². The molecule has 1 aromatic carbocycles. The van der Waals surface area contributed by atoms with Gasteiger partial charge < -0.3 is 5.32 Å². The van der Waals surface area contributed by atoms with Crippen LogP contribution in [0.3, 0.4) is 0 Å². The van der Waals surface area contributed by atoms with Crippen LogP contribution in [-0.4, -0.2) is 10.8 Å². The summed E-state index contributed by atoms with van der Waals surface area (Å²) in [6.45, 7) is 4.42. The van der Waals surface area contributed by atoms with E-state index in [9.17, 15) is 14.9 Å². The van der Waals surface area contributed by atoms with Crippen LogP contribution in [0.4, 0.5) is 5.00 Å². The van der Waals surface area contributed by atoms with Crippen molar-refractivity contribution in [1.29, 1.82) is 0 Å². The highest BCUT2D eigenvalue weighted by molar-refractivity contribution is 7.17. The van der Waals surface area contributed by atoms with E-state index >= 15 is 0 Å². The Morgan fingerprint density at radius 3 is 2.65 bits per heavy atom. The molecule has 0 fully saturated rings. The third kappa shape index (κ3) is 3.21. The van der Waals surface area contributed by atoms with Gasteiger partial charge in [0.15, 0.2) is 0 Å². The second kappa shape index (κ2) is 5.83. The summed E-state index contributed by atoms with van der Waals surface area (Å²) in [6.07, 6.45) is 0. The molecule has 6 heteroatoms. The third-order valence-electron chi connectivity index (χ3n) is 2.93. The molecule has 0 atom stereocenters. The fourth-order valence-electron chi connectivity index (χ4n) is 1.85. The van der Waals surface area contributed by atoms with Gasteiger partial charge in [0.25, 0.3) is 5.91 Å². The topological polar surface area (TPSA) is 72.2 Å². The van der Waals surface area contributed by atoms with Gasteiger partial charge in [-0.1, -0.05) is 35.1 Å². The Hall–Kier alpha value is -2.21. The van der Waals surface area contributed by atoms with Crippen molar-refractivity contribution in [2.24, 2.45) is 0 Å². The molecule has 0 saturated heterocycles. The van der Waals surface area contributed by atoms with Crippen molar-refractivity contribution in [2.75, 3.05) is 0 Å². The maximum absolute atomic E-state index is 11.9. The molecule has 5 nitrogen and oxygen atoms in total. The number of hydrogen-bond donors (Lipinski definition) is 1. The van der Waals surface area contributed by atoms with E-state index in [1.165, 1.54) is 17.7 Å². The summed E-state index contributed by atoms with van der Waals surface area (Å²) in [5, 5.41) is 13.3. The zero-order valence-electron chi connectivity index (χ0n) is 11.2. The Balaban J connectivity index is 2.02. The minimum atomic E-state index is -0.494. The van der Waals surface area contributed by atoms with Gasteiger partial charge in [-0.15, -0.1) is 0 Å². The van der Waals surface area contributed by atoms with E-state index in [1.807, 2.05) is 26.0 Å². The van der Waals surface area contributed by atoms with Gasteiger partial charge in [0.05, 0.1) is 9.80 Å². The summed E-state index contributed by atoms with van der Waals surface area (Å²) in [7, 11) is 0. The largest absolute Gasteiger partial charge is 0.347 e. The first kappa shape index (κ1) is 14.2. The molecule has 0 radical (unpaired) electrons. The van der Waals surface area contributed by atoms with Gasteiger partial charge in [0.2, 0.25) is 0 Å². The van der Waals surface area contributed by atoms with Crippen molar-refractivity contribution in [2.45, 2.75) is 20.4 Å². The zero-order valence-corrected chi connectivity index (χ0v) is 12.0. The normalized spacial score (nSPS) is 10.3. The molecule has 0 unspecified atom stereocenters. The van der Waals surface area contributed by atoms with Crippen LogP contribution in [-0.2, 0) is 6.54 Å². The molecule has 2 aromatic rings. The van der Waals surface area contributed by atoms with Crippen molar-refractivity contribution >= 4 is 22.2 Å². The van der Waals surface area contributed by atoms with Crippen LogP contribution in [0, 0.1) is 24.0 Å².